The van der Waals surface area contributed by atoms with Crippen molar-refractivity contribution in [1.29, 1.82) is 0 Å². The van der Waals surface area contributed by atoms with Gasteiger partial charge in [-0.2, -0.15) is 0 Å². The summed E-state index contributed by atoms with van der Waals surface area (Å²) in [5.41, 5.74) is 2.73. The van der Waals surface area contributed by atoms with Gasteiger partial charge in [0.05, 0.1) is 11.0 Å². The van der Waals surface area contributed by atoms with E-state index in [-0.39, 0.29) is 29.6 Å². The first-order valence-corrected chi connectivity index (χ1v) is 11.0. The number of fused-ring (bicyclic) bond motifs is 1. The third kappa shape index (κ3) is 4.22. The monoisotopic (exact) mass is 443 g/mol. The van der Waals surface area contributed by atoms with Crippen molar-refractivity contribution in [2.75, 3.05) is 9.80 Å². The van der Waals surface area contributed by atoms with E-state index in [2.05, 4.69) is 0 Å². The molecule has 0 fully saturated rings. The summed E-state index contributed by atoms with van der Waals surface area (Å²) in [4.78, 5) is 40.6. The maximum absolute atomic E-state index is 13.8. The SMILES string of the molecule is CCC(=O)N1c2ccccc2[C@@H](N(C(=O)c2ccc([N+](=O)[O-])cc2)c2ccccc2)C[C@H]1C. The number of benzene rings is 3. The molecule has 0 saturated heterocycles. The molecule has 2 atom stereocenters. The summed E-state index contributed by atoms with van der Waals surface area (Å²) in [6.45, 7) is 3.84. The Morgan fingerprint density at radius 2 is 1.64 bits per heavy atom. The molecular weight excluding hydrogens is 418 g/mol. The van der Waals surface area contributed by atoms with E-state index in [0.717, 1.165) is 16.9 Å². The van der Waals surface area contributed by atoms with E-state index < -0.39 is 4.92 Å². The van der Waals surface area contributed by atoms with Gasteiger partial charge in [0.25, 0.3) is 11.6 Å². The summed E-state index contributed by atoms with van der Waals surface area (Å²) in [7, 11) is 0. The summed E-state index contributed by atoms with van der Waals surface area (Å²) in [5, 5.41) is 11.0. The Labute approximate surface area is 192 Å². The predicted molar refractivity (Wildman–Crippen MR) is 127 cm³/mol. The van der Waals surface area contributed by atoms with Crippen molar-refractivity contribution < 1.29 is 14.5 Å². The van der Waals surface area contributed by atoms with Crippen LogP contribution in [0.15, 0.2) is 78.9 Å². The van der Waals surface area contributed by atoms with Crippen molar-refractivity contribution >= 4 is 28.9 Å². The number of nitrogens with zero attached hydrogens (tertiary/aromatic N) is 3. The van der Waals surface area contributed by atoms with E-state index in [4.69, 9.17) is 0 Å². The second-order valence-electron chi connectivity index (χ2n) is 8.09. The molecule has 1 aliphatic rings. The minimum Gasteiger partial charge on any atom is -0.309 e. The van der Waals surface area contributed by atoms with Crippen molar-refractivity contribution in [3.8, 4) is 0 Å². The lowest BCUT2D eigenvalue weighted by atomic mass is 9.89. The van der Waals surface area contributed by atoms with Gasteiger partial charge in [0, 0.05) is 41.5 Å². The molecule has 1 heterocycles. The highest BCUT2D eigenvalue weighted by atomic mass is 16.6. The van der Waals surface area contributed by atoms with Gasteiger partial charge in [-0.3, -0.25) is 19.7 Å². The van der Waals surface area contributed by atoms with Crippen LogP contribution in [0.2, 0.25) is 0 Å². The van der Waals surface area contributed by atoms with Crippen LogP contribution in [-0.2, 0) is 4.79 Å². The maximum atomic E-state index is 13.8. The van der Waals surface area contributed by atoms with Crippen LogP contribution in [0, 0.1) is 10.1 Å². The van der Waals surface area contributed by atoms with Gasteiger partial charge in [-0.25, -0.2) is 0 Å². The number of non-ortho nitro benzene ring substituents is 1. The number of nitro benzene ring substituents is 1. The van der Waals surface area contributed by atoms with E-state index in [1.54, 1.807) is 4.90 Å². The highest BCUT2D eigenvalue weighted by Gasteiger charge is 2.38. The summed E-state index contributed by atoms with van der Waals surface area (Å²) >= 11 is 0. The molecule has 0 aromatic heterocycles. The van der Waals surface area contributed by atoms with Crippen LogP contribution in [0.3, 0.4) is 0 Å². The van der Waals surface area contributed by atoms with Crippen molar-refractivity contribution in [2.45, 2.75) is 38.8 Å². The number of nitro groups is 1. The third-order valence-electron chi connectivity index (χ3n) is 6.02. The van der Waals surface area contributed by atoms with E-state index in [1.165, 1.54) is 24.3 Å². The lowest BCUT2D eigenvalue weighted by molar-refractivity contribution is -0.384. The van der Waals surface area contributed by atoms with Crippen molar-refractivity contribution in [2.24, 2.45) is 0 Å². The molecule has 2 amide bonds. The fraction of sp³-hybridized carbons (Fsp3) is 0.231. The van der Waals surface area contributed by atoms with E-state index >= 15 is 0 Å². The van der Waals surface area contributed by atoms with Crippen LogP contribution in [0.1, 0.15) is 48.7 Å². The molecule has 0 radical (unpaired) electrons. The molecule has 168 valence electrons. The fourth-order valence-corrected chi connectivity index (χ4v) is 4.47. The van der Waals surface area contributed by atoms with E-state index in [1.807, 2.05) is 73.3 Å². The Morgan fingerprint density at radius 1 is 1.00 bits per heavy atom. The number of amides is 2. The highest BCUT2D eigenvalue weighted by Crippen LogP contribution is 2.43. The summed E-state index contributed by atoms with van der Waals surface area (Å²) in [6, 6.07) is 22.3. The van der Waals surface area contributed by atoms with Gasteiger partial charge >= 0.3 is 0 Å². The largest absolute Gasteiger partial charge is 0.309 e. The average Bonchev–Trinajstić information content (AvgIpc) is 2.84. The van der Waals surface area contributed by atoms with E-state index in [9.17, 15) is 19.7 Å². The second-order valence-corrected chi connectivity index (χ2v) is 8.09. The Kier molecular flexibility index (Phi) is 6.22. The van der Waals surface area contributed by atoms with Gasteiger partial charge in [-0.1, -0.05) is 43.3 Å². The third-order valence-corrected chi connectivity index (χ3v) is 6.02. The second kappa shape index (κ2) is 9.24. The zero-order valence-electron chi connectivity index (χ0n) is 18.5. The van der Waals surface area contributed by atoms with E-state index in [0.29, 0.717) is 18.4 Å². The number of para-hydroxylation sites is 2. The molecule has 7 nitrogen and oxygen atoms in total. The van der Waals surface area contributed by atoms with Gasteiger partial charge in [0.2, 0.25) is 5.91 Å². The van der Waals surface area contributed by atoms with Gasteiger partial charge in [-0.05, 0) is 49.2 Å². The topological polar surface area (TPSA) is 83.8 Å². The van der Waals surface area contributed by atoms with Crippen molar-refractivity contribution in [1.82, 2.24) is 0 Å². The minimum atomic E-state index is -0.485. The van der Waals surface area contributed by atoms with Gasteiger partial charge in [-0.15, -0.1) is 0 Å². The van der Waals surface area contributed by atoms with Gasteiger partial charge < -0.3 is 9.80 Å². The van der Waals surface area contributed by atoms with Crippen LogP contribution in [-0.4, -0.2) is 22.8 Å². The van der Waals surface area contributed by atoms with Crippen LogP contribution >= 0.6 is 0 Å². The molecule has 0 N–H and O–H groups in total. The fourth-order valence-electron chi connectivity index (χ4n) is 4.47. The normalized spacial score (nSPS) is 17.2. The zero-order valence-corrected chi connectivity index (χ0v) is 18.5. The molecule has 0 bridgehead atoms. The Bertz CT molecular complexity index is 1180. The number of rotatable bonds is 5. The number of carbonyl (C=O) groups is 2. The van der Waals surface area contributed by atoms with Crippen LogP contribution in [0.5, 0.6) is 0 Å². The molecule has 0 aliphatic carbocycles. The molecule has 1 aliphatic heterocycles. The minimum absolute atomic E-state index is 0.0429. The summed E-state index contributed by atoms with van der Waals surface area (Å²) < 4.78 is 0. The first-order valence-electron chi connectivity index (χ1n) is 11.0. The summed E-state index contributed by atoms with van der Waals surface area (Å²) in [5.74, 6) is -0.209. The predicted octanol–water partition coefficient (Wildman–Crippen LogP) is 5.52. The first-order chi connectivity index (χ1) is 15.9. The Morgan fingerprint density at radius 3 is 2.27 bits per heavy atom. The van der Waals surface area contributed by atoms with Crippen LogP contribution in [0.25, 0.3) is 0 Å². The number of carbonyl (C=O) groups excluding carboxylic acids is 2. The molecule has 3 aromatic rings. The molecule has 0 unspecified atom stereocenters. The molecular formula is C26H25N3O4. The van der Waals surface area contributed by atoms with Gasteiger partial charge in [0.1, 0.15) is 0 Å². The molecule has 0 spiro atoms. The molecule has 3 aromatic carbocycles. The Balaban J connectivity index is 1.82. The van der Waals surface area contributed by atoms with Crippen LogP contribution < -0.4 is 9.80 Å². The summed E-state index contributed by atoms with van der Waals surface area (Å²) in [6.07, 6.45) is 0.962. The quantitative estimate of drug-likeness (QED) is 0.384. The zero-order chi connectivity index (χ0) is 23.5. The smallest absolute Gasteiger partial charge is 0.269 e. The average molecular weight is 444 g/mol. The number of anilines is 2. The molecule has 0 saturated carbocycles. The Hall–Kier alpha value is -4.00. The van der Waals surface area contributed by atoms with Crippen molar-refractivity contribution in [3.05, 3.63) is 100 Å². The van der Waals surface area contributed by atoms with Crippen LogP contribution in [0.4, 0.5) is 17.1 Å². The highest BCUT2D eigenvalue weighted by molar-refractivity contribution is 6.07. The molecule has 7 heteroatoms. The van der Waals surface area contributed by atoms with Gasteiger partial charge in [0.15, 0.2) is 0 Å². The van der Waals surface area contributed by atoms with Crippen molar-refractivity contribution in [3.63, 3.8) is 0 Å². The number of hydrogen-bond donors (Lipinski definition) is 0. The molecule has 4 rings (SSSR count). The lowest BCUT2D eigenvalue weighted by Crippen LogP contribution is -2.47. The maximum Gasteiger partial charge on any atom is 0.269 e. The first kappa shape index (κ1) is 22.2. The standard InChI is InChI=1S/C26H25N3O4/c1-3-25(30)27-18(2)17-24(22-11-7-8-12-23(22)27)28(20-9-5-4-6-10-20)26(31)19-13-15-21(16-14-19)29(32)33/h4-16,18,24H,3,17H2,1-2H3/t18-,24+/m1/s1. The molecule has 33 heavy (non-hydrogen) atoms. The lowest BCUT2D eigenvalue weighted by Gasteiger charge is -2.43. The number of hydrogen-bond acceptors (Lipinski definition) is 4.